The first-order chi connectivity index (χ1) is 9.15. The van der Waals surface area contributed by atoms with E-state index in [9.17, 15) is 10.2 Å². The van der Waals surface area contributed by atoms with Gasteiger partial charge in [-0.25, -0.2) is 0 Å². The Morgan fingerprint density at radius 3 is 2.79 bits per heavy atom. The van der Waals surface area contributed by atoms with Crippen molar-refractivity contribution in [2.24, 2.45) is 0 Å². The van der Waals surface area contributed by atoms with Crippen molar-refractivity contribution in [2.45, 2.75) is 26.4 Å². The van der Waals surface area contributed by atoms with Gasteiger partial charge in [0, 0.05) is 6.61 Å². The van der Waals surface area contributed by atoms with Crippen molar-refractivity contribution >= 4 is 0 Å². The number of phenolic OH excluding ortho intramolecular Hbond substituents is 2. The molecule has 6 heteroatoms. The molecule has 2 aromatic rings. The Bertz CT molecular complexity index is 553. The molecule has 0 aliphatic carbocycles. The molecule has 0 bridgehead atoms. The van der Waals surface area contributed by atoms with Gasteiger partial charge in [0.05, 0.1) is 5.56 Å². The Morgan fingerprint density at radius 1 is 1.32 bits per heavy atom. The quantitative estimate of drug-likeness (QED) is 0.807. The summed E-state index contributed by atoms with van der Waals surface area (Å²) in [5.41, 5.74) is 0.296. The van der Waals surface area contributed by atoms with E-state index in [1.54, 1.807) is 0 Å². The van der Waals surface area contributed by atoms with E-state index >= 15 is 0 Å². The van der Waals surface area contributed by atoms with Crippen LogP contribution in [0.1, 0.15) is 32.2 Å². The smallest absolute Gasteiger partial charge is 0.261 e. The van der Waals surface area contributed by atoms with Crippen LogP contribution in [0.3, 0.4) is 0 Å². The number of hydrogen-bond donors (Lipinski definition) is 2. The Kier molecular flexibility index (Phi) is 4.01. The minimum atomic E-state index is -0.234. The predicted octanol–water partition coefficient (Wildman–Crippen LogP) is 2.64. The van der Waals surface area contributed by atoms with Crippen molar-refractivity contribution < 1.29 is 19.5 Å². The molecular formula is C13H16N2O4. The zero-order valence-corrected chi connectivity index (χ0v) is 10.8. The summed E-state index contributed by atoms with van der Waals surface area (Å²) in [6.07, 6.45) is 0.487. The maximum atomic E-state index is 9.73. The number of aromatic hydroxyl groups is 2. The summed E-state index contributed by atoms with van der Waals surface area (Å²) < 4.78 is 10.6. The standard InChI is InChI=1S/C13H16N2O4/c1-3-11(18-4-2)12-14-13(19-15-12)9-7-8(16)5-6-10(9)17/h5-7,11,16-17H,3-4H2,1-2H3. The summed E-state index contributed by atoms with van der Waals surface area (Å²) >= 11 is 0. The second-order valence-electron chi connectivity index (χ2n) is 4.01. The van der Waals surface area contributed by atoms with Crippen LogP contribution in [0.2, 0.25) is 0 Å². The molecule has 102 valence electrons. The number of benzene rings is 1. The highest BCUT2D eigenvalue weighted by Crippen LogP contribution is 2.32. The molecule has 0 amide bonds. The molecule has 1 aromatic carbocycles. The normalized spacial score (nSPS) is 12.5. The fourth-order valence-electron chi connectivity index (χ4n) is 1.75. The maximum Gasteiger partial charge on any atom is 0.261 e. The maximum absolute atomic E-state index is 9.73. The van der Waals surface area contributed by atoms with Crippen molar-refractivity contribution in [3.8, 4) is 23.0 Å². The molecule has 6 nitrogen and oxygen atoms in total. The molecule has 0 fully saturated rings. The molecule has 1 atom stereocenters. The second kappa shape index (κ2) is 5.71. The van der Waals surface area contributed by atoms with E-state index in [0.29, 0.717) is 18.0 Å². The van der Waals surface area contributed by atoms with Gasteiger partial charge in [0.1, 0.15) is 17.6 Å². The lowest BCUT2D eigenvalue weighted by Crippen LogP contribution is -2.04. The molecule has 0 saturated carbocycles. The highest BCUT2D eigenvalue weighted by atomic mass is 16.5. The van der Waals surface area contributed by atoms with Crippen LogP contribution in [-0.4, -0.2) is 27.0 Å². The average molecular weight is 264 g/mol. The highest BCUT2D eigenvalue weighted by Gasteiger charge is 2.19. The first-order valence-electron chi connectivity index (χ1n) is 6.13. The molecule has 0 spiro atoms. The van der Waals surface area contributed by atoms with Crippen LogP contribution >= 0.6 is 0 Å². The van der Waals surface area contributed by atoms with Gasteiger partial charge in [-0.05, 0) is 31.5 Å². The number of nitrogens with zero attached hydrogens (tertiary/aromatic N) is 2. The number of aromatic nitrogens is 2. The monoisotopic (exact) mass is 264 g/mol. The van der Waals surface area contributed by atoms with Crippen LogP contribution in [0, 0.1) is 0 Å². The van der Waals surface area contributed by atoms with Gasteiger partial charge >= 0.3 is 0 Å². The summed E-state index contributed by atoms with van der Waals surface area (Å²) in [7, 11) is 0. The third-order valence-electron chi connectivity index (χ3n) is 2.68. The molecule has 1 unspecified atom stereocenters. The van der Waals surface area contributed by atoms with E-state index in [1.807, 2.05) is 13.8 Å². The molecule has 1 heterocycles. The highest BCUT2D eigenvalue weighted by molar-refractivity contribution is 5.64. The van der Waals surface area contributed by atoms with Gasteiger partial charge in [-0.15, -0.1) is 0 Å². The Morgan fingerprint density at radius 2 is 2.11 bits per heavy atom. The van der Waals surface area contributed by atoms with Crippen molar-refractivity contribution in [1.82, 2.24) is 10.1 Å². The van der Waals surface area contributed by atoms with Crippen LogP contribution in [0.25, 0.3) is 11.5 Å². The van der Waals surface area contributed by atoms with Crippen molar-refractivity contribution in [3.63, 3.8) is 0 Å². The van der Waals surface area contributed by atoms with Gasteiger partial charge in [-0.3, -0.25) is 0 Å². The van der Waals surface area contributed by atoms with Crippen LogP contribution in [0.15, 0.2) is 22.7 Å². The molecule has 0 radical (unpaired) electrons. The van der Waals surface area contributed by atoms with Crippen LogP contribution in [0.5, 0.6) is 11.5 Å². The van der Waals surface area contributed by atoms with Gasteiger partial charge < -0.3 is 19.5 Å². The molecule has 1 aromatic heterocycles. The number of hydrogen-bond acceptors (Lipinski definition) is 6. The van der Waals surface area contributed by atoms with Gasteiger partial charge in [0.25, 0.3) is 5.89 Å². The Hall–Kier alpha value is -2.08. The van der Waals surface area contributed by atoms with E-state index in [0.717, 1.165) is 6.42 Å². The zero-order valence-electron chi connectivity index (χ0n) is 10.8. The number of rotatable bonds is 5. The Labute approximate surface area is 110 Å². The predicted molar refractivity (Wildman–Crippen MR) is 67.7 cm³/mol. The van der Waals surface area contributed by atoms with E-state index in [-0.39, 0.29) is 23.5 Å². The van der Waals surface area contributed by atoms with E-state index in [4.69, 9.17) is 9.26 Å². The van der Waals surface area contributed by atoms with Crippen LogP contribution in [-0.2, 0) is 4.74 Å². The largest absolute Gasteiger partial charge is 0.508 e. The van der Waals surface area contributed by atoms with Gasteiger partial charge in [0.2, 0.25) is 5.82 Å². The average Bonchev–Trinajstić information content (AvgIpc) is 2.88. The Balaban J connectivity index is 2.32. The van der Waals surface area contributed by atoms with Crippen molar-refractivity contribution in [2.75, 3.05) is 6.61 Å². The van der Waals surface area contributed by atoms with E-state index < -0.39 is 0 Å². The lowest BCUT2D eigenvalue weighted by atomic mass is 10.2. The summed E-state index contributed by atoms with van der Waals surface area (Å²) in [5, 5.41) is 23.0. The SMILES string of the molecule is CCOC(CC)c1noc(-c2cc(O)ccc2O)n1. The molecule has 19 heavy (non-hydrogen) atoms. The molecular weight excluding hydrogens is 248 g/mol. The summed E-state index contributed by atoms with van der Waals surface area (Å²) in [6, 6.07) is 4.12. The minimum Gasteiger partial charge on any atom is -0.508 e. The first-order valence-corrected chi connectivity index (χ1v) is 6.13. The lowest BCUT2D eigenvalue weighted by Gasteiger charge is -2.09. The molecule has 2 rings (SSSR count). The molecule has 2 N–H and O–H groups in total. The van der Waals surface area contributed by atoms with Gasteiger partial charge in [-0.2, -0.15) is 4.98 Å². The van der Waals surface area contributed by atoms with Crippen LogP contribution in [0.4, 0.5) is 0 Å². The van der Waals surface area contributed by atoms with Crippen molar-refractivity contribution in [1.29, 1.82) is 0 Å². The fourth-order valence-corrected chi connectivity index (χ4v) is 1.75. The van der Waals surface area contributed by atoms with Gasteiger partial charge in [0.15, 0.2) is 0 Å². The zero-order chi connectivity index (χ0) is 13.8. The van der Waals surface area contributed by atoms with Crippen molar-refractivity contribution in [3.05, 3.63) is 24.0 Å². The van der Waals surface area contributed by atoms with Gasteiger partial charge in [-0.1, -0.05) is 12.1 Å². The van der Waals surface area contributed by atoms with Crippen LogP contribution < -0.4 is 0 Å². The van der Waals surface area contributed by atoms with E-state index in [1.165, 1.54) is 18.2 Å². The summed E-state index contributed by atoms with van der Waals surface area (Å²) in [5.74, 6) is 0.575. The number of phenols is 2. The first kappa shape index (κ1) is 13.4. The fraction of sp³-hybridized carbons (Fsp3) is 0.385. The lowest BCUT2D eigenvalue weighted by molar-refractivity contribution is 0.0518. The molecule has 0 aliphatic heterocycles. The number of ether oxygens (including phenoxy) is 1. The topological polar surface area (TPSA) is 88.6 Å². The third-order valence-corrected chi connectivity index (χ3v) is 2.68. The summed E-state index contributed by atoms with van der Waals surface area (Å²) in [6.45, 7) is 4.41. The second-order valence-corrected chi connectivity index (χ2v) is 4.01. The molecule has 0 saturated heterocycles. The van der Waals surface area contributed by atoms with E-state index in [2.05, 4.69) is 10.1 Å². The third kappa shape index (κ3) is 2.85. The minimum absolute atomic E-state index is 0.0180. The summed E-state index contributed by atoms with van der Waals surface area (Å²) in [4.78, 5) is 4.20. The molecule has 0 aliphatic rings.